The van der Waals surface area contributed by atoms with Crippen molar-refractivity contribution in [3.63, 3.8) is 0 Å². The van der Waals surface area contributed by atoms with E-state index in [1.54, 1.807) is 66.7 Å². The van der Waals surface area contributed by atoms with Gasteiger partial charge >= 0.3 is 5.97 Å². The molecule has 8 heteroatoms. The summed E-state index contributed by atoms with van der Waals surface area (Å²) in [5.74, 6) is 0.171. The number of amides is 2. The van der Waals surface area contributed by atoms with Crippen LogP contribution in [-0.4, -0.2) is 35.2 Å². The highest BCUT2D eigenvalue weighted by molar-refractivity contribution is 8.18. The minimum absolute atomic E-state index is 0.137. The maximum atomic E-state index is 12.7. The molecule has 3 aromatic rings. The fraction of sp³-hybridized carbons (Fsp3) is 0.115. The number of hydrogen-bond acceptors (Lipinski definition) is 6. The predicted octanol–water partition coefficient (Wildman–Crippen LogP) is 5.98. The number of esters is 1. The molecule has 0 radical (unpaired) electrons. The van der Waals surface area contributed by atoms with Crippen LogP contribution >= 0.6 is 23.4 Å². The molecule has 0 unspecified atom stereocenters. The molecule has 0 aromatic heterocycles. The lowest BCUT2D eigenvalue weighted by molar-refractivity contribution is -0.123. The molecule has 1 aliphatic heterocycles. The van der Waals surface area contributed by atoms with Crippen LogP contribution < -0.4 is 9.47 Å². The molecule has 4 rings (SSSR count). The Hall–Kier alpha value is -3.55. The van der Waals surface area contributed by atoms with E-state index in [0.717, 1.165) is 22.2 Å². The van der Waals surface area contributed by atoms with Crippen molar-refractivity contribution >= 4 is 46.6 Å². The number of imide groups is 1. The Morgan fingerprint density at radius 3 is 2.26 bits per heavy atom. The predicted molar refractivity (Wildman–Crippen MR) is 132 cm³/mol. The molecule has 172 valence electrons. The Labute approximate surface area is 206 Å². The Balaban J connectivity index is 1.34. The smallest absolute Gasteiger partial charge is 0.343 e. The summed E-state index contributed by atoms with van der Waals surface area (Å²) in [6, 6.07) is 20.7. The van der Waals surface area contributed by atoms with Gasteiger partial charge in [0.05, 0.1) is 17.0 Å². The molecule has 0 atom stereocenters. The Morgan fingerprint density at radius 1 is 0.941 bits per heavy atom. The maximum absolute atomic E-state index is 12.7. The minimum atomic E-state index is -0.449. The monoisotopic (exact) mass is 493 g/mol. The molecule has 1 aliphatic rings. The van der Waals surface area contributed by atoms with E-state index in [0.29, 0.717) is 32.6 Å². The van der Waals surface area contributed by atoms with Gasteiger partial charge in [0.25, 0.3) is 11.1 Å². The third-order valence-corrected chi connectivity index (χ3v) is 6.11. The summed E-state index contributed by atoms with van der Waals surface area (Å²) in [5.41, 5.74) is 2.22. The van der Waals surface area contributed by atoms with E-state index in [-0.39, 0.29) is 24.3 Å². The zero-order valence-electron chi connectivity index (χ0n) is 18.2. The van der Waals surface area contributed by atoms with Gasteiger partial charge in [0.1, 0.15) is 18.1 Å². The Bertz CT molecular complexity index is 1240. The number of rotatable bonds is 7. The van der Waals surface area contributed by atoms with Crippen LogP contribution in [0, 0.1) is 6.92 Å². The number of hydrogen-bond donors (Lipinski definition) is 0. The van der Waals surface area contributed by atoms with Crippen molar-refractivity contribution < 1.29 is 23.9 Å². The first-order valence-corrected chi connectivity index (χ1v) is 11.6. The van der Waals surface area contributed by atoms with Gasteiger partial charge in [-0.2, -0.15) is 0 Å². The molecule has 1 saturated heterocycles. The third kappa shape index (κ3) is 5.87. The average molecular weight is 494 g/mol. The normalized spacial score (nSPS) is 14.5. The highest BCUT2D eigenvalue weighted by Gasteiger charge is 2.34. The maximum Gasteiger partial charge on any atom is 0.343 e. The van der Waals surface area contributed by atoms with Crippen LogP contribution in [0.2, 0.25) is 5.02 Å². The molecule has 0 N–H and O–H groups in total. The van der Waals surface area contributed by atoms with E-state index < -0.39 is 5.97 Å². The summed E-state index contributed by atoms with van der Waals surface area (Å²) < 4.78 is 11.0. The highest BCUT2D eigenvalue weighted by atomic mass is 35.5. The van der Waals surface area contributed by atoms with Gasteiger partial charge < -0.3 is 9.47 Å². The molecule has 1 fully saturated rings. The number of nitrogens with zero attached hydrogens (tertiary/aromatic N) is 1. The van der Waals surface area contributed by atoms with Crippen molar-refractivity contribution in [2.75, 3.05) is 13.2 Å². The van der Waals surface area contributed by atoms with Gasteiger partial charge in [-0.15, -0.1) is 0 Å². The molecule has 3 aromatic carbocycles. The fourth-order valence-corrected chi connectivity index (χ4v) is 4.11. The van der Waals surface area contributed by atoms with Crippen molar-refractivity contribution in [1.82, 2.24) is 4.90 Å². The van der Waals surface area contributed by atoms with Crippen LogP contribution in [0.4, 0.5) is 4.79 Å². The van der Waals surface area contributed by atoms with E-state index in [2.05, 4.69) is 0 Å². The van der Waals surface area contributed by atoms with Crippen molar-refractivity contribution in [2.24, 2.45) is 0 Å². The second kappa shape index (κ2) is 10.6. The zero-order chi connectivity index (χ0) is 24.1. The number of ether oxygens (including phenoxy) is 2. The SMILES string of the molecule is Cc1ccc(C(=O)Oc2ccc(/C=C3\SC(=O)N(CCOc4ccc(Cl)cc4)C3=O)cc2)cc1. The van der Waals surface area contributed by atoms with Crippen molar-refractivity contribution in [2.45, 2.75) is 6.92 Å². The summed E-state index contributed by atoms with van der Waals surface area (Å²) >= 11 is 6.73. The van der Waals surface area contributed by atoms with E-state index in [4.69, 9.17) is 21.1 Å². The second-order valence-corrected chi connectivity index (χ2v) is 8.89. The summed E-state index contributed by atoms with van der Waals surface area (Å²) in [6.07, 6.45) is 1.64. The molecule has 1 heterocycles. The molecule has 34 heavy (non-hydrogen) atoms. The third-order valence-electron chi connectivity index (χ3n) is 4.95. The largest absolute Gasteiger partial charge is 0.492 e. The summed E-state index contributed by atoms with van der Waals surface area (Å²) in [4.78, 5) is 38.7. The van der Waals surface area contributed by atoms with Crippen LogP contribution in [0.25, 0.3) is 6.08 Å². The van der Waals surface area contributed by atoms with E-state index in [1.165, 1.54) is 0 Å². The number of thioether (sulfide) groups is 1. The zero-order valence-corrected chi connectivity index (χ0v) is 19.8. The van der Waals surface area contributed by atoms with Crippen molar-refractivity contribution in [3.05, 3.63) is 99.4 Å². The van der Waals surface area contributed by atoms with Gasteiger partial charge in [-0.25, -0.2) is 4.79 Å². The highest BCUT2D eigenvalue weighted by Crippen LogP contribution is 2.32. The molecular weight excluding hydrogens is 474 g/mol. The molecule has 6 nitrogen and oxygen atoms in total. The number of aryl methyl sites for hydroxylation is 1. The molecule has 0 aliphatic carbocycles. The molecule has 0 bridgehead atoms. The van der Waals surface area contributed by atoms with Crippen molar-refractivity contribution in [3.8, 4) is 11.5 Å². The quantitative estimate of drug-likeness (QED) is 0.229. The number of benzene rings is 3. The molecule has 0 saturated carbocycles. The number of carbonyl (C=O) groups is 3. The summed E-state index contributed by atoms with van der Waals surface area (Å²) in [7, 11) is 0. The first-order valence-electron chi connectivity index (χ1n) is 10.4. The van der Waals surface area contributed by atoms with Crippen molar-refractivity contribution in [1.29, 1.82) is 0 Å². The van der Waals surface area contributed by atoms with Crippen LogP contribution in [0.3, 0.4) is 0 Å². The molecular formula is C26H20ClNO5S. The second-order valence-electron chi connectivity index (χ2n) is 7.46. The van der Waals surface area contributed by atoms with Crippen LogP contribution in [0.15, 0.2) is 77.7 Å². The topological polar surface area (TPSA) is 72.9 Å². The molecule has 2 amide bonds. The number of carbonyl (C=O) groups excluding carboxylic acids is 3. The lowest BCUT2D eigenvalue weighted by Gasteiger charge is -2.13. The van der Waals surface area contributed by atoms with Gasteiger partial charge in [0.15, 0.2) is 0 Å². The van der Waals surface area contributed by atoms with E-state index >= 15 is 0 Å². The van der Waals surface area contributed by atoms with Gasteiger partial charge in [-0.3, -0.25) is 14.5 Å². The Morgan fingerprint density at radius 2 is 1.59 bits per heavy atom. The summed E-state index contributed by atoms with van der Waals surface area (Å²) in [5, 5.41) is 0.250. The standard InChI is InChI=1S/C26H20ClNO5S/c1-17-2-6-19(7-3-17)25(30)33-22-10-4-18(5-11-22)16-23-24(29)28(26(31)34-23)14-15-32-21-12-8-20(27)9-13-21/h2-13,16H,14-15H2,1H3/b23-16-. The first kappa shape index (κ1) is 23.6. The van der Waals surface area contributed by atoms with Gasteiger partial charge in [0.2, 0.25) is 0 Å². The van der Waals surface area contributed by atoms with E-state index in [1.807, 2.05) is 19.1 Å². The van der Waals surface area contributed by atoms with Gasteiger partial charge in [-0.1, -0.05) is 41.4 Å². The van der Waals surface area contributed by atoms with Crippen LogP contribution in [0.1, 0.15) is 21.5 Å². The van der Waals surface area contributed by atoms with Crippen LogP contribution in [-0.2, 0) is 4.79 Å². The number of halogens is 1. The lowest BCUT2D eigenvalue weighted by Crippen LogP contribution is -2.32. The lowest BCUT2D eigenvalue weighted by atomic mass is 10.1. The van der Waals surface area contributed by atoms with Gasteiger partial charge in [0, 0.05) is 5.02 Å². The van der Waals surface area contributed by atoms with Gasteiger partial charge in [-0.05, 0) is 78.9 Å². The first-order chi connectivity index (χ1) is 16.4. The fourth-order valence-electron chi connectivity index (χ4n) is 3.12. The van der Waals surface area contributed by atoms with E-state index in [9.17, 15) is 14.4 Å². The minimum Gasteiger partial charge on any atom is -0.492 e. The average Bonchev–Trinajstić information content (AvgIpc) is 3.09. The Kier molecular flexibility index (Phi) is 7.35. The molecule has 0 spiro atoms. The van der Waals surface area contributed by atoms with Crippen LogP contribution in [0.5, 0.6) is 11.5 Å². The summed E-state index contributed by atoms with van der Waals surface area (Å²) in [6.45, 7) is 2.25.